The van der Waals surface area contributed by atoms with Crippen molar-refractivity contribution >= 4 is 50.0 Å². The number of carbonyl (C=O) groups is 2. The van der Waals surface area contributed by atoms with Crippen molar-refractivity contribution in [2.24, 2.45) is 0 Å². The Hall–Kier alpha value is -3.17. The number of aliphatic carboxylic acids is 1. The molecule has 202 valence electrons. The van der Waals surface area contributed by atoms with E-state index in [1.165, 1.54) is 28.6 Å². The predicted octanol–water partition coefficient (Wildman–Crippen LogP) is 3.48. The van der Waals surface area contributed by atoms with Crippen LogP contribution < -0.4 is 10.1 Å². The third kappa shape index (κ3) is 6.45. The fraction of sp³-hybridized carbons (Fsp3) is 0.261. The minimum absolute atomic E-state index is 0.0275. The lowest BCUT2D eigenvalue weighted by atomic mass is 10.1. The standard InChI is InChI=1S/C23H20ClF2N3O7S2/c24-21-17(12-19(30)31)27-23(37-21)28-22(32)20(36-18-6-3-14(25)11-16(18)26)13-1-4-15(5-2-13)38(33,34)29-7-9-35-10-8-29/h1-6,11,20H,7-10,12H2,(H,30,31)(H,27,28,32). The van der Waals surface area contributed by atoms with Crippen LogP contribution in [0.15, 0.2) is 47.4 Å². The Labute approximate surface area is 224 Å². The van der Waals surface area contributed by atoms with Crippen LogP contribution in [0.3, 0.4) is 0 Å². The van der Waals surface area contributed by atoms with Crippen molar-refractivity contribution in [3.63, 3.8) is 0 Å². The third-order valence-electron chi connectivity index (χ3n) is 5.37. The van der Waals surface area contributed by atoms with Gasteiger partial charge >= 0.3 is 5.97 Å². The van der Waals surface area contributed by atoms with Crippen LogP contribution in [0.4, 0.5) is 13.9 Å². The number of carboxylic acids is 1. The summed E-state index contributed by atoms with van der Waals surface area (Å²) < 4.78 is 65.7. The number of ether oxygens (including phenoxy) is 2. The first-order valence-corrected chi connectivity index (χ1v) is 13.7. The normalized spacial score (nSPS) is 15.1. The second-order valence-electron chi connectivity index (χ2n) is 7.96. The van der Waals surface area contributed by atoms with Gasteiger partial charge in [-0.25, -0.2) is 22.2 Å². The zero-order chi connectivity index (χ0) is 27.4. The second-order valence-corrected chi connectivity index (χ2v) is 11.5. The quantitative estimate of drug-likeness (QED) is 0.388. The maximum atomic E-state index is 14.3. The number of nitrogens with one attached hydrogen (secondary N) is 1. The molecule has 38 heavy (non-hydrogen) atoms. The number of amides is 1. The number of aromatic nitrogens is 1. The molecule has 2 heterocycles. The summed E-state index contributed by atoms with van der Waals surface area (Å²) in [6.45, 7) is 0.932. The number of hydrogen-bond acceptors (Lipinski definition) is 8. The number of anilines is 1. The highest BCUT2D eigenvalue weighted by Crippen LogP contribution is 2.31. The van der Waals surface area contributed by atoms with E-state index in [4.69, 9.17) is 26.2 Å². The lowest BCUT2D eigenvalue weighted by Crippen LogP contribution is -2.40. The van der Waals surface area contributed by atoms with E-state index in [1.54, 1.807) is 0 Å². The zero-order valence-electron chi connectivity index (χ0n) is 19.4. The van der Waals surface area contributed by atoms with Crippen LogP contribution in [0.1, 0.15) is 17.4 Å². The number of nitrogens with zero attached hydrogens (tertiary/aromatic N) is 2. The van der Waals surface area contributed by atoms with Crippen LogP contribution in [-0.4, -0.2) is 61.0 Å². The average Bonchev–Trinajstić information content (AvgIpc) is 3.21. The number of thiazole rings is 1. The van der Waals surface area contributed by atoms with Crippen molar-refractivity contribution in [3.05, 3.63) is 69.7 Å². The number of benzene rings is 2. The highest BCUT2D eigenvalue weighted by atomic mass is 35.5. The van der Waals surface area contributed by atoms with Crippen molar-refractivity contribution in [3.8, 4) is 5.75 Å². The monoisotopic (exact) mass is 587 g/mol. The van der Waals surface area contributed by atoms with Gasteiger partial charge in [-0.1, -0.05) is 35.1 Å². The Morgan fingerprint density at radius 2 is 1.87 bits per heavy atom. The molecule has 2 aromatic carbocycles. The van der Waals surface area contributed by atoms with E-state index in [-0.39, 0.29) is 51.9 Å². The number of hydrogen-bond donors (Lipinski definition) is 2. The summed E-state index contributed by atoms with van der Waals surface area (Å²) in [7, 11) is -3.82. The number of rotatable bonds is 9. The van der Waals surface area contributed by atoms with Crippen LogP contribution in [-0.2, 0) is 30.8 Å². The van der Waals surface area contributed by atoms with Crippen LogP contribution in [0.2, 0.25) is 4.34 Å². The van der Waals surface area contributed by atoms with E-state index < -0.39 is 51.8 Å². The Morgan fingerprint density at radius 1 is 1.18 bits per heavy atom. The van der Waals surface area contributed by atoms with Gasteiger partial charge in [-0.3, -0.25) is 14.9 Å². The van der Waals surface area contributed by atoms with E-state index in [0.717, 1.165) is 23.5 Å². The van der Waals surface area contributed by atoms with Gasteiger partial charge in [-0.2, -0.15) is 4.31 Å². The van der Waals surface area contributed by atoms with Crippen LogP contribution in [0, 0.1) is 11.6 Å². The maximum Gasteiger partial charge on any atom is 0.309 e. The third-order valence-corrected chi connectivity index (χ3v) is 8.53. The molecular formula is C23H20ClF2N3O7S2. The largest absolute Gasteiger partial charge is 0.481 e. The lowest BCUT2D eigenvalue weighted by Gasteiger charge is -2.26. The SMILES string of the molecule is O=C(O)Cc1nc(NC(=O)C(Oc2ccc(F)cc2F)c2ccc(S(=O)(=O)N3CCOCC3)cc2)sc1Cl. The first kappa shape index (κ1) is 27.9. The zero-order valence-corrected chi connectivity index (χ0v) is 21.8. The second kappa shape index (κ2) is 11.7. The Morgan fingerprint density at radius 3 is 2.50 bits per heavy atom. The summed E-state index contributed by atoms with van der Waals surface area (Å²) in [4.78, 5) is 28.2. The molecule has 4 rings (SSSR count). The fourth-order valence-corrected chi connectivity index (χ4v) is 5.98. The first-order valence-electron chi connectivity index (χ1n) is 11.0. The number of carboxylic acid groups (broad SMARTS) is 1. The molecule has 0 radical (unpaired) electrons. The van der Waals surface area contributed by atoms with E-state index in [2.05, 4.69) is 10.3 Å². The highest BCUT2D eigenvalue weighted by Gasteiger charge is 2.29. The predicted molar refractivity (Wildman–Crippen MR) is 133 cm³/mol. The van der Waals surface area contributed by atoms with Crippen LogP contribution in [0.5, 0.6) is 5.75 Å². The molecule has 1 aromatic heterocycles. The van der Waals surface area contributed by atoms with Gasteiger partial charge in [0.25, 0.3) is 5.91 Å². The molecule has 2 N–H and O–H groups in total. The molecule has 1 unspecified atom stereocenters. The van der Waals surface area contributed by atoms with Gasteiger partial charge in [0.15, 0.2) is 16.7 Å². The molecule has 10 nitrogen and oxygen atoms in total. The topological polar surface area (TPSA) is 135 Å². The van der Waals surface area contributed by atoms with Gasteiger partial charge < -0.3 is 14.6 Å². The molecule has 15 heteroatoms. The minimum Gasteiger partial charge on any atom is -0.481 e. The summed E-state index contributed by atoms with van der Waals surface area (Å²) >= 11 is 6.83. The van der Waals surface area contributed by atoms with Crippen molar-refractivity contribution in [1.29, 1.82) is 0 Å². The van der Waals surface area contributed by atoms with E-state index in [9.17, 15) is 26.8 Å². The molecule has 3 aromatic rings. The van der Waals surface area contributed by atoms with E-state index in [0.29, 0.717) is 6.07 Å². The summed E-state index contributed by atoms with van der Waals surface area (Å²) in [5, 5.41) is 11.4. The van der Waals surface area contributed by atoms with Crippen LogP contribution >= 0.6 is 22.9 Å². The van der Waals surface area contributed by atoms with Crippen LogP contribution in [0.25, 0.3) is 0 Å². The molecule has 0 bridgehead atoms. The molecule has 0 saturated carbocycles. The molecule has 1 saturated heterocycles. The lowest BCUT2D eigenvalue weighted by molar-refractivity contribution is -0.136. The van der Waals surface area contributed by atoms with Gasteiger partial charge in [-0.05, 0) is 24.3 Å². The van der Waals surface area contributed by atoms with Crippen molar-refractivity contribution in [2.75, 3.05) is 31.6 Å². The van der Waals surface area contributed by atoms with Gasteiger partial charge in [-0.15, -0.1) is 0 Å². The molecule has 1 fully saturated rings. The highest BCUT2D eigenvalue weighted by molar-refractivity contribution is 7.89. The molecule has 1 aliphatic rings. The van der Waals surface area contributed by atoms with E-state index in [1.807, 2.05) is 0 Å². The number of sulfonamides is 1. The van der Waals surface area contributed by atoms with E-state index >= 15 is 0 Å². The van der Waals surface area contributed by atoms with Crippen molar-refractivity contribution in [1.82, 2.24) is 9.29 Å². The van der Waals surface area contributed by atoms with Gasteiger partial charge in [0, 0.05) is 24.7 Å². The summed E-state index contributed by atoms with van der Waals surface area (Å²) in [5.41, 5.74) is 0.194. The molecular weight excluding hydrogens is 568 g/mol. The first-order chi connectivity index (χ1) is 18.0. The van der Waals surface area contributed by atoms with Gasteiger partial charge in [0.2, 0.25) is 16.1 Å². The fourth-order valence-electron chi connectivity index (χ4n) is 3.53. The number of halogens is 3. The summed E-state index contributed by atoms with van der Waals surface area (Å²) in [6.07, 6.45) is -1.99. The number of carbonyl (C=O) groups excluding carboxylic acids is 1. The Balaban J connectivity index is 1.62. The minimum atomic E-state index is -3.82. The van der Waals surface area contributed by atoms with Gasteiger partial charge in [0.1, 0.15) is 10.2 Å². The maximum absolute atomic E-state index is 14.3. The summed E-state index contributed by atoms with van der Waals surface area (Å²) in [6, 6.07) is 7.79. The molecule has 1 amide bonds. The average molecular weight is 588 g/mol. The molecule has 1 atom stereocenters. The molecule has 1 aliphatic heterocycles. The van der Waals surface area contributed by atoms with Crippen molar-refractivity contribution < 1.29 is 41.4 Å². The van der Waals surface area contributed by atoms with Gasteiger partial charge in [0.05, 0.1) is 30.2 Å². The Kier molecular flexibility index (Phi) is 8.57. The summed E-state index contributed by atoms with van der Waals surface area (Å²) in [5.74, 6) is -4.35. The van der Waals surface area contributed by atoms with Crippen molar-refractivity contribution in [2.45, 2.75) is 17.4 Å². The smallest absolute Gasteiger partial charge is 0.309 e. The Bertz CT molecular complexity index is 1450. The number of morpholine rings is 1. The molecule has 0 aliphatic carbocycles. The molecule has 0 spiro atoms.